The van der Waals surface area contributed by atoms with Crippen molar-refractivity contribution in [1.82, 2.24) is 15.1 Å². The minimum atomic E-state index is -0.239. The van der Waals surface area contributed by atoms with E-state index < -0.39 is 0 Å². The number of nitrogens with zero attached hydrogens (tertiary/aromatic N) is 2. The second kappa shape index (κ2) is 6.63. The highest BCUT2D eigenvalue weighted by Gasteiger charge is 2.40. The van der Waals surface area contributed by atoms with Crippen LogP contribution in [0.1, 0.15) is 25.0 Å². The van der Waals surface area contributed by atoms with Gasteiger partial charge in [0.2, 0.25) is 0 Å². The van der Waals surface area contributed by atoms with E-state index in [1.165, 1.54) is 12.1 Å². The number of hydrogen-bond donors (Lipinski definition) is 1. The van der Waals surface area contributed by atoms with Gasteiger partial charge in [-0.25, -0.2) is 9.07 Å². The van der Waals surface area contributed by atoms with Gasteiger partial charge in [0.1, 0.15) is 5.82 Å². The minimum Gasteiger partial charge on any atom is -0.378 e. The molecule has 6 heteroatoms. The maximum atomic E-state index is 13.1. The Balaban J connectivity index is 1.41. The summed E-state index contributed by atoms with van der Waals surface area (Å²) in [5.74, 6) is -0.239. The first-order valence-electron chi connectivity index (χ1n) is 8.48. The molecule has 3 heterocycles. The van der Waals surface area contributed by atoms with Gasteiger partial charge in [-0.2, -0.15) is 5.10 Å². The molecule has 1 aromatic heterocycles. The lowest BCUT2D eigenvalue weighted by molar-refractivity contribution is -0.0895. The fraction of sp³-hybridized carbons (Fsp3) is 0.500. The molecule has 1 N–H and O–H groups in total. The van der Waals surface area contributed by atoms with Crippen LogP contribution >= 0.6 is 0 Å². The summed E-state index contributed by atoms with van der Waals surface area (Å²) in [5.41, 5.74) is 1.84. The van der Waals surface area contributed by atoms with E-state index in [0.29, 0.717) is 12.6 Å². The summed E-state index contributed by atoms with van der Waals surface area (Å²) < 4.78 is 26.5. The first-order valence-corrected chi connectivity index (χ1v) is 8.48. The highest BCUT2D eigenvalue weighted by molar-refractivity contribution is 5.32. The van der Waals surface area contributed by atoms with E-state index in [-0.39, 0.29) is 11.4 Å². The standard InChI is InChI=1S/C18H22FN3O2/c19-14-1-3-16(4-2-14)22-17(5-8-21-22)12-20-15-6-9-24-18(11-15)7-10-23-13-18/h1-5,8,15,20H,6-7,9-13H2. The molecule has 2 aliphatic rings. The lowest BCUT2D eigenvalue weighted by Crippen LogP contribution is -2.47. The lowest BCUT2D eigenvalue weighted by Gasteiger charge is -2.37. The summed E-state index contributed by atoms with van der Waals surface area (Å²) in [6.07, 6.45) is 4.75. The fourth-order valence-corrected chi connectivity index (χ4v) is 3.59. The van der Waals surface area contributed by atoms with Crippen molar-refractivity contribution in [2.24, 2.45) is 0 Å². The highest BCUT2D eigenvalue weighted by Crippen LogP contribution is 2.32. The van der Waals surface area contributed by atoms with E-state index in [0.717, 1.165) is 50.4 Å². The number of aromatic nitrogens is 2. The maximum absolute atomic E-state index is 13.1. The van der Waals surface area contributed by atoms with E-state index in [9.17, 15) is 4.39 Å². The smallest absolute Gasteiger partial charge is 0.123 e. The van der Waals surface area contributed by atoms with Gasteiger partial charge in [-0.05, 0) is 43.2 Å². The van der Waals surface area contributed by atoms with Crippen molar-refractivity contribution in [2.45, 2.75) is 37.5 Å². The van der Waals surface area contributed by atoms with Crippen molar-refractivity contribution >= 4 is 0 Å². The van der Waals surface area contributed by atoms with E-state index in [1.807, 2.05) is 10.7 Å². The Labute approximate surface area is 140 Å². The van der Waals surface area contributed by atoms with Gasteiger partial charge < -0.3 is 14.8 Å². The predicted octanol–water partition coefficient (Wildman–Crippen LogP) is 2.44. The molecular weight excluding hydrogens is 309 g/mol. The predicted molar refractivity (Wildman–Crippen MR) is 87.5 cm³/mol. The average molecular weight is 331 g/mol. The van der Waals surface area contributed by atoms with E-state index in [2.05, 4.69) is 10.4 Å². The van der Waals surface area contributed by atoms with Gasteiger partial charge in [-0.1, -0.05) is 0 Å². The molecule has 1 aromatic carbocycles. The fourth-order valence-electron chi connectivity index (χ4n) is 3.59. The summed E-state index contributed by atoms with van der Waals surface area (Å²) in [6.45, 7) is 3.00. The molecule has 0 bridgehead atoms. The van der Waals surface area contributed by atoms with Crippen molar-refractivity contribution in [3.8, 4) is 5.69 Å². The molecule has 2 saturated heterocycles. The molecule has 128 valence electrons. The average Bonchev–Trinajstić information content (AvgIpc) is 3.24. The lowest BCUT2D eigenvalue weighted by atomic mass is 9.89. The summed E-state index contributed by atoms with van der Waals surface area (Å²) >= 11 is 0. The topological polar surface area (TPSA) is 48.3 Å². The molecule has 0 amide bonds. The molecule has 2 unspecified atom stereocenters. The van der Waals surface area contributed by atoms with Gasteiger partial charge in [-0.15, -0.1) is 0 Å². The van der Waals surface area contributed by atoms with Crippen LogP contribution in [0.2, 0.25) is 0 Å². The quantitative estimate of drug-likeness (QED) is 0.935. The van der Waals surface area contributed by atoms with Gasteiger partial charge >= 0.3 is 0 Å². The van der Waals surface area contributed by atoms with Gasteiger partial charge in [0.15, 0.2) is 0 Å². The van der Waals surface area contributed by atoms with Crippen LogP contribution < -0.4 is 5.32 Å². The second-order valence-electron chi connectivity index (χ2n) is 6.62. The molecule has 0 aliphatic carbocycles. The zero-order valence-corrected chi connectivity index (χ0v) is 13.6. The van der Waals surface area contributed by atoms with Gasteiger partial charge in [0.25, 0.3) is 0 Å². The largest absolute Gasteiger partial charge is 0.378 e. The molecule has 2 atom stereocenters. The summed E-state index contributed by atoms with van der Waals surface area (Å²) in [6, 6.07) is 8.80. The number of halogens is 1. The van der Waals surface area contributed by atoms with Crippen molar-refractivity contribution in [3.05, 3.63) is 48.0 Å². The Morgan fingerprint density at radius 3 is 2.92 bits per heavy atom. The van der Waals surface area contributed by atoms with Crippen molar-refractivity contribution in [3.63, 3.8) is 0 Å². The Morgan fingerprint density at radius 1 is 1.25 bits per heavy atom. The molecule has 2 fully saturated rings. The molecule has 2 aliphatic heterocycles. The summed E-state index contributed by atoms with van der Waals surface area (Å²) in [7, 11) is 0. The molecule has 5 nitrogen and oxygen atoms in total. The first kappa shape index (κ1) is 15.7. The molecular formula is C18H22FN3O2. The van der Waals surface area contributed by atoms with E-state index in [1.54, 1.807) is 18.3 Å². The van der Waals surface area contributed by atoms with Crippen LogP contribution in [0.5, 0.6) is 0 Å². The number of benzene rings is 1. The molecule has 4 rings (SSSR count). The Morgan fingerprint density at radius 2 is 2.12 bits per heavy atom. The van der Waals surface area contributed by atoms with E-state index >= 15 is 0 Å². The third-order valence-electron chi connectivity index (χ3n) is 4.92. The normalized spacial score (nSPS) is 27.0. The van der Waals surface area contributed by atoms with Crippen molar-refractivity contribution in [2.75, 3.05) is 19.8 Å². The molecule has 2 aromatic rings. The molecule has 24 heavy (non-hydrogen) atoms. The van der Waals surface area contributed by atoms with Crippen LogP contribution in [0.3, 0.4) is 0 Å². The summed E-state index contributed by atoms with van der Waals surface area (Å²) in [5, 5.41) is 7.99. The molecule has 1 spiro atoms. The third kappa shape index (κ3) is 3.22. The van der Waals surface area contributed by atoms with Crippen LogP contribution in [0.15, 0.2) is 36.5 Å². The Kier molecular flexibility index (Phi) is 4.35. The number of hydrogen-bond acceptors (Lipinski definition) is 4. The van der Waals surface area contributed by atoms with E-state index in [4.69, 9.17) is 9.47 Å². The molecule has 0 saturated carbocycles. The van der Waals surface area contributed by atoms with Gasteiger partial charge in [0, 0.05) is 38.4 Å². The Bertz CT molecular complexity index is 680. The third-order valence-corrected chi connectivity index (χ3v) is 4.92. The monoisotopic (exact) mass is 331 g/mol. The zero-order chi connectivity index (χ0) is 16.4. The van der Waals surface area contributed by atoms with Crippen LogP contribution in [-0.4, -0.2) is 41.2 Å². The van der Waals surface area contributed by atoms with Crippen LogP contribution in [-0.2, 0) is 16.0 Å². The maximum Gasteiger partial charge on any atom is 0.123 e. The summed E-state index contributed by atoms with van der Waals surface area (Å²) in [4.78, 5) is 0. The zero-order valence-electron chi connectivity index (χ0n) is 13.6. The van der Waals surface area contributed by atoms with Crippen LogP contribution in [0.4, 0.5) is 4.39 Å². The number of nitrogens with one attached hydrogen (secondary N) is 1. The highest BCUT2D eigenvalue weighted by atomic mass is 19.1. The van der Waals surface area contributed by atoms with Gasteiger partial charge in [0.05, 0.1) is 23.6 Å². The second-order valence-corrected chi connectivity index (χ2v) is 6.62. The SMILES string of the molecule is Fc1ccc(-n2nccc2CNC2CCOC3(CCOC3)C2)cc1. The van der Waals surface area contributed by atoms with Gasteiger partial charge in [-0.3, -0.25) is 0 Å². The van der Waals surface area contributed by atoms with Crippen molar-refractivity contribution < 1.29 is 13.9 Å². The molecule has 0 radical (unpaired) electrons. The minimum absolute atomic E-state index is 0.0902. The number of ether oxygens (including phenoxy) is 2. The Hall–Kier alpha value is -1.76. The first-order chi connectivity index (χ1) is 11.7. The number of rotatable bonds is 4. The van der Waals surface area contributed by atoms with Crippen LogP contribution in [0, 0.1) is 5.82 Å². The van der Waals surface area contributed by atoms with Crippen molar-refractivity contribution in [1.29, 1.82) is 0 Å². The van der Waals surface area contributed by atoms with Crippen LogP contribution in [0.25, 0.3) is 5.69 Å².